The van der Waals surface area contributed by atoms with Crippen LogP contribution in [0.1, 0.15) is 37.6 Å². The van der Waals surface area contributed by atoms with Crippen LogP contribution in [-0.4, -0.2) is 37.5 Å². The van der Waals surface area contributed by atoms with Crippen LogP contribution in [0.4, 0.5) is 0 Å². The molecule has 1 aliphatic rings. The number of fused-ring (bicyclic) bond motifs is 1. The fourth-order valence-corrected chi connectivity index (χ4v) is 4.41. The summed E-state index contributed by atoms with van der Waals surface area (Å²) in [5.74, 6) is 2.06. The zero-order chi connectivity index (χ0) is 21.1. The Morgan fingerprint density at radius 2 is 1.73 bits per heavy atom. The van der Waals surface area contributed by atoms with Crippen molar-refractivity contribution >= 4 is 9.84 Å². The van der Waals surface area contributed by atoms with Crippen LogP contribution < -0.4 is 9.47 Å². The number of rotatable bonds is 6. The minimum atomic E-state index is -3.54. The quantitative estimate of drug-likeness (QED) is 0.585. The van der Waals surface area contributed by atoms with Crippen LogP contribution in [0.15, 0.2) is 51.9 Å². The van der Waals surface area contributed by atoms with Crippen molar-refractivity contribution in [1.29, 1.82) is 0 Å². The molecule has 1 aliphatic heterocycles. The number of aromatic nitrogens is 2. The molecule has 0 bridgehead atoms. The van der Waals surface area contributed by atoms with Crippen LogP contribution >= 0.6 is 0 Å². The maximum absolute atomic E-state index is 12.8. The molecule has 3 aromatic rings. The molecule has 0 saturated carbocycles. The highest BCUT2D eigenvalue weighted by Gasteiger charge is 2.20. The summed E-state index contributed by atoms with van der Waals surface area (Å²) in [6.07, 6.45) is 0.893. The summed E-state index contributed by atoms with van der Waals surface area (Å²) >= 11 is 0. The lowest BCUT2D eigenvalue weighted by atomic mass is 10.0. The lowest BCUT2D eigenvalue weighted by molar-refractivity contribution is 0.297. The molecule has 158 valence electrons. The second-order valence-electron chi connectivity index (χ2n) is 7.52. The van der Waals surface area contributed by atoms with E-state index in [4.69, 9.17) is 14.0 Å². The molecule has 0 amide bonds. The first-order chi connectivity index (χ1) is 14.4. The molecule has 2 heterocycles. The average molecular weight is 429 g/mol. The predicted molar refractivity (Wildman–Crippen MR) is 112 cm³/mol. The van der Waals surface area contributed by atoms with Gasteiger partial charge in [-0.25, -0.2) is 8.42 Å². The van der Waals surface area contributed by atoms with Crippen LogP contribution in [0.5, 0.6) is 11.5 Å². The number of benzene rings is 2. The highest BCUT2D eigenvalue weighted by molar-refractivity contribution is 7.91. The van der Waals surface area contributed by atoms with Gasteiger partial charge in [-0.05, 0) is 23.6 Å². The summed E-state index contributed by atoms with van der Waals surface area (Å²) in [6.45, 7) is 5.31. The molecular formula is C22H24N2O5S. The van der Waals surface area contributed by atoms with Gasteiger partial charge in [-0.15, -0.1) is 0 Å². The molecule has 0 saturated heterocycles. The highest BCUT2D eigenvalue weighted by Crippen LogP contribution is 2.32. The van der Waals surface area contributed by atoms with Crippen molar-refractivity contribution in [3.63, 3.8) is 0 Å². The van der Waals surface area contributed by atoms with E-state index in [0.29, 0.717) is 36.5 Å². The summed E-state index contributed by atoms with van der Waals surface area (Å²) in [7, 11) is -3.54. The molecule has 0 atom stereocenters. The van der Waals surface area contributed by atoms with Crippen LogP contribution in [-0.2, 0) is 16.3 Å². The second kappa shape index (κ2) is 8.47. The second-order valence-corrected chi connectivity index (χ2v) is 9.63. The molecule has 30 heavy (non-hydrogen) atoms. The average Bonchev–Trinajstić information content (AvgIpc) is 3.09. The molecule has 0 fully saturated rings. The lowest BCUT2D eigenvalue weighted by Gasteiger charge is -2.09. The number of hydrogen-bond acceptors (Lipinski definition) is 7. The van der Waals surface area contributed by atoms with E-state index in [2.05, 4.69) is 24.0 Å². The van der Waals surface area contributed by atoms with Gasteiger partial charge in [-0.2, -0.15) is 4.98 Å². The number of nitrogens with zero attached hydrogens (tertiary/aromatic N) is 2. The monoisotopic (exact) mass is 428 g/mol. The third-order valence-electron chi connectivity index (χ3n) is 4.97. The molecule has 0 spiro atoms. The molecule has 0 N–H and O–H groups in total. The van der Waals surface area contributed by atoms with Crippen molar-refractivity contribution in [2.24, 2.45) is 0 Å². The zero-order valence-electron chi connectivity index (χ0n) is 17.0. The topological polar surface area (TPSA) is 91.5 Å². The van der Waals surface area contributed by atoms with E-state index in [-0.39, 0.29) is 23.0 Å². The van der Waals surface area contributed by atoms with Gasteiger partial charge < -0.3 is 14.0 Å². The van der Waals surface area contributed by atoms with E-state index in [0.717, 1.165) is 12.0 Å². The lowest BCUT2D eigenvalue weighted by Crippen LogP contribution is -2.10. The maximum atomic E-state index is 12.8. The zero-order valence-corrected chi connectivity index (χ0v) is 17.8. The SMILES string of the molecule is CC(C)c1ccc(-c2noc(CCS(=O)(=O)c3ccc4c(c3)OCCCO4)n2)cc1. The Labute approximate surface area is 175 Å². The Kier molecular flexibility index (Phi) is 5.76. The van der Waals surface area contributed by atoms with Gasteiger partial charge in [0.05, 0.1) is 23.9 Å². The number of ether oxygens (including phenoxy) is 2. The summed E-state index contributed by atoms with van der Waals surface area (Å²) in [5, 5.41) is 3.98. The van der Waals surface area contributed by atoms with E-state index < -0.39 is 9.84 Å². The molecule has 7 nitrogen and oxygen atoms in total. The first-order valence-electron chi connectivity index (χ1n) is 9.98. The first kappa shape index (κ1) is 20.4. The number of aryl methyl sites for hydroxylation is 1. The summed E-state index contributed by atoms with van der Waals surface area (Å²) in [5.41, 5.74) is 2.06. The van der Waals surface area contributed by atoms with Gasteiger partial charge in [-0.3, -0.25) is 0 Å². The van der Waals surface area contributed by atoms with Crippen molar-refractivity contribution in [3.05, 3.63) is 53.9 Å². The van der Waals surface area contributed by atoms with E-state index in [1.807, 2.05) is 24.3 Å². The van der Waals surface area contributed by atoms with Gasteiger partial charge in [0.2, 0.25) is 11.7 Å². The normalized spacial score (nSPS) is 14.0. The van der Waals surface area contributed by atoms with Crippen LogP contribution in [0.2, 0.25) is 0 Å². The van der Waals surface area contributed by atoms with Gasteiger partial charge in [-0.1, -0.05) is 43.3 Å². The minimum absolute atomic E-state index is 0.133. The standard InChI is InChI=1S/C22H24N2O5S/c1-15(2)16-4-6-17(7-5-16)22-23-21(29-24-22)10-13-30(25,26)18-8-9-19-20(14-18)28-12-3-11-27-19/h4-9,14-15H,3,10-13H2,1-2H3. The smallest absolute Gasteiger partial charge is 0.227 e. The van der Waals surface area contributed by atoms with Crippen molar-refractivity contribution in [2.45, 2.75) is 37.5 Å². The number of hydrogen-bond donors (Lipinski definition) is 0. The Morgan fingerprint density at radius 1 is 1.00 bits per heavy atom. The molecule has 0 radical (unpaired) electrons. The van der Waals surface area contributed by atoms with Crippen molar-refractivity contribution in [1.82, 2.24) is 10.1 Å². The van der Waals surface area contributed by atoms with E-state index >= 15 is 0 Å². The van der Waals surface area contributed by atoms with Crippen molar-refractivity contribution in [3.8, 4) is 22.9 Å². The van der Waals surface area contributed by atoms with Gasteiger partial charge in [0, 0.05) is 24.5 Å². The van der Waals surface area contributed by atoms with Gasteiger partial charge in [0.15, 0.2) is 21.3 Å². The van der Waals surface area contributed by atoms with E-state index in [1.165, 1.54) is 11.6 Å². The fourth-order valence-electron chi connectivity index (χ4n) is 3.17. The Hall–Kier alpha value is -2.87. The summed E-state index contributed by atoms with van der Waals surface area (Å²) in [4.78, 5) is 4.54. The van der Waals surface area contributed by atoms with Crippen molar-refractivity contribution in [2.75, 3.05) is 19.0 Å². The Morgan fingerprint density at radius 3 is 2.47 bits per heavy atom. The summed E-state index contributed by atoms with van der Waals surface area (Å²) in [6, 6.07) is 12.6. The van der Waals surface area contributed by atoms with Gasteiger partial charge in [0.25, 0.3) is 0 Å². The van der Waals surface area contributed by atoms with Crippen molar-refractivity contribution < 1.29 is 22.4 Å². The molecule has 2 aromatic carbocycles. The van der Waals surface area contributed by atoms with Crippen LogP contribution in [0.25, 0.3) is 11.4 Å². The molecule has 4 rings (SSSR count). The minimum Gasteiger partial charge on any atom is -0.490 e. The van der Waals surface area contributed by atoms with E-state index in [9.17, 15) is 8.42 Å². The van der Waals surface area contributed by atoms with Crippen LogP contribution in [0.3, 0.4) is 0 Å². The van der Waals surface area contributed by atoms with E-state index in [1.54, 1.807) is 12.1 Å². The molecule has 8 heteroatoms. The third-order valence-corrected chi connectivity index (χ3v) is 6.68. The summed E-state index contributed by atoms with van der Waals surface area (Å²) < 4.78 is 42.0. The Balaban J connectivity index is 1.45. The third kappa shape index (κ3) is 4.48. The maximum Gasteiger partial charge on any atom is 0.227 e. The van der Waals surface area contributed by atoms with Gasteiger partial charge >= 0.3 is 0 Å². The Bertz CT molecular complexity index is 1120. The molecule has 1 aromatic heterocycles. The molecule has 0 unspecified atom stereocenters. The highest BCUT2D eigenvalue weighted by atomic mass is 32.2. The fraction of sp³-hybridized carbons (Fsp3) is 0.364. The predicted octanol–water partition coefficient (Wildman–Crippen LogP) is 4.04. The number of sulfone groups is 1. The van der Waals surface area contributed by atoms with Crippen LogP contribution in [0, 0.1) is 0 Å². The molecular weight excluding hydrogens is 404 g/mol. The first-order valence-corrected chi connectivity index (χ1v) is 11.6. The van der Waals surface area contributed by atoms with Gasteiger partial charge in [0.1, 0.15) is 0 Å². The largest absolute Gasteiger partial charge is 0.490 e. The molecule has 0 aliphatic carbocycles.